The van der Waals surface area contributed by atoms with E-state index in [1.54, 1.807) is 11.1 Å². The number of hydrogen-bond acceptors (Lipinski definition) is 4. The molecular weight excluding hydrogens is 180 g/mol. The van der Waals surface area contributed by atoms with Crippen molar-refractivity contribution in [3.05, 3.63) is 24.4 Å². The molecule has 2 rings (SSSR count). The van der Waals surface area contributed by atoms with Crippen molar-refractivity contribution in [1.29, 1.82) is 0 Å². The summed E-state index contributed by atoms with van der Waals surface area (Å²) in [5.74, 6) is 6.23. The van der Waals surface area contributed by atoms with Crippen LogP contribution in [0.5, 0.6) is 0 Å². The van der Waals surface area contributed by atoms with Gasteiger partial charge in [-0.15, -0.1) is 0 Å². The molecule has 1 saturated heterocycles. The van der Waals surface area contributed by atoms with Crippen molar-refractivity contribution < 1.29 is 4.79 Å². The molecule has 0 spiro atoms. The quantitative estimate of drug-likeness (QED) is 0.615. The molecule has 1 aliphatic heterocycles. The lowest BCUT2D eigenvalue weighted by molar-refractivity contribution is -0.121. The molecule has 0 saturated carbocycles. The first-order valence-corrected chi connectivity index (χ1v) is 4.48. The number of aromatic nitrogens is 1. The molecule has 5 nitrogen and oxygen atoms in total. The number of pyridine rings is 1. The summed E-state index contributed by atoms with van der Waals surface area (Å²) in [4.78, 5) is 17.3. The number of nitrogens with two attached hydrogens (primary N) is 1. The normalized spacial score (nSPS) is 18.6. The second-order valence-corrected chi connectivity index (χ2v) is 3.20. The SMILES string of the molecule is NN1CCN(c2ccccn2)C(=O)C1. The van der Waals surface area contributed by atoms with E-state index in [-0.39, 0.29) is 12.5 Å². The Kier molecular flexibility index (Phi) is 2.43. The van der Waals surface area contributed by atoms with Crippen molar-refractivity contribution >= 4 is 11.7 Å². The average molecular weight is 192 g/mol. The largest absolute Gasteiger partial charge is 0.294 e. The molecule has 0 unspecified atom stereocenters. The molecule has 1 aliphatic rings. The van der Waals surface area contributed by atoms with Crippen LogP contribution in [0.2, 0.25) is 0 Å². The van der Waals surface area contributed by atoms with E-state index in [1.807, 2.05) is 18.2 Å². The molecule has 0 bridgehead atoms. The summed E-state index contributed by atoms with van der Waals surface area (Å²) in [5, 5.41) is 1.52. The van der Waals surface area contributed by atoms with Gasteiger partial charge in [0.1, 0.15) is 5.82 Å². The van der Waals surface area contributed by atoms with Crippen LogP contribution < -0.4 is 10.7 Å². The number of amides is 1. The highest BCUT2D eigenvalue weighted by atomic mass is 16.2. The number of hydrazine groups is 1. The third kappa shape index (κ3) is 1.73. The van der Waals surface area contributed by atoms with Crippen molar-refractivity contribution in [3.8, 4) is 0 Å². The molecule has 14 heavy (non-hydrogen) atoms. The number of piperazine rings is 1. The van der Waals surface area contributed by atoms with Crippen LogP contribution in [0.3, 0.4) is 0 Å². The maximum Gasteiger partial charge on any atom is 0.243 e. The van der Waals surface area contributed by atoms with Gasteiger partial charge in [0.25, 0.3) is 0 Å². The van der Waals surface area contributed by atoms with Crippen LogP contribution in [0.4, 0.5) is 5.82 Å². The summed E-state index contributed by atoms with van der Waals surface area (Å²) >= 11 is 0. The number of nitrogens with zero attached hydrogens (tertiary/aromatic N) is 3. The minimum absolute atomic E-state index is 0.00236. The zero-order chi connectivity index (χ0) is 9.97. The van der Waals surface area contributed by atoms with Crippen molar-refractivity contribution in [3.63, 3.8) is 0 Å². The number of anilines is 1. The number of carbonyl (C=O) groups excluding carboxylic acids is 1. The summed E-state index contributed by atoms with van der Waals surface area (Å²) in [5.41, 5.74) is 0. The van der Waals surface area contributed by atoms with Crippen LogP contribution in [-0.4, -0.2) is 35.5 Å². The lowest BCUT2D eigenvalue weighted by atomic mass is 10.3. The highest BCUT2D eigenvalue weighted by molar-refractivity contribution is 5.94. The zero-order valence-electron chi connectivity index (χ0n) is 7.76. The average Bonchev–Trinajstić information content (AvgIpc) is 2.19. The van der Waals surface area contributed by atoms with Gasteiger partial charge in [0.2, 0.25) is 5.91 Å². The second-order valence-electron chi connectivity index (χ2n) is 3.20. The minimum Gasteiger partial charge on any atom is -0.294 e. The molecule has 1 aromatic rings. The summed E-state index contributed by atoms with van der Waals surface area (Å²) in [6.07, 6.45) is 1.68. The highest BCUT2D eigenvalue weighted by Crippen LogP contribution is 2.11. The van der Waals surface area contributed by atoms with Gasteiger partial charge in [0.05, 0.1) is 6.54 Å². The molecule has 0 radical (unpaired) electrons. The Labute approximate surface area is 82.1 Å². The standard InChI is InChI=1S/C9H12N4O/c10-12-5-6-13(9(14)7-12)8-3-1-2-4-11-8/h1-4H,5-7,10H2. The third-order valence-electron chi connectivity index (χ3n) is 2.18. The molecule has 0 aliphatic carbocycles. The lowest BCUT2D eigenvalue weighted by Crippen LogP contribution is -2.53. The van der Waals surface area contributed by atoms with E-state index >= 15 is 0 Å². The van der Waals surface area contributed by atoms with Crippen LogP contribution in [0.15, 0.2) is 24.4 Å². The molecule has 1 aromatic heterocycles. The van der Waals surface area contributed by atoms with Gasteiger partial charge in [-0.1, -0.05) is 6.07 Å². The molecule has 0 aromatic carbocycles. The first-order valence-electron chi connectivity index (χ1n) is 4.48. The van der Waals surface area contributed by atoms with Gasteiger partial charge >= 0.3 is 0 Å². The van der Waals surface area contributed by atoms with Crippen LogP contribution >= 0.6 is 0 Å². The summed E-state index contributed by atoms with van der Waals surface area (Å²) < 4.78 is 0. The van der Waals surface area contributed by atoms with Crippen LogP contribution in [0, 0.1) is 0 Å². The van der Waals surface area contributed by atoms with Gasteiger partial charge in [-0.2, -0.15) is 0 Å². The zero-order valence-corrected chi connectivity index (χ0v) is 7.76. The van der Waals surface area contributed by atoms with Crippen molar-refractivity contribution in [2.75, 3.05) is 24.5 Å². The number of carbonyl (C=O) groups is 1. The molecule has 74 valence electrons. The Morgan fingerprint density at radius 2 is 2.21 bits per heavy atom. The fourth-order valence-electron chi connectivity index (χ4n) is 1.45. The first-order chi connectivity index (χ1) is 6.77. The van der Waals surface area contributed by atoms with E-state index in [0.29, 0.717) is 18.9 Å². The van der Waals surface area contributed by atoms with E-state index in [1.165, 1.54) is 5.01 Å². The fraction of sp³-hybridized carbons (Fsp3) is 0.333. The predicted octanol–water partition coefficient (Wildman–Crippen LogP) is -0.396. The topological polar surface area (TPSA) is 62.5 Å². The van der Waals surface area contributed by atoms with E-state index < -0.39 is 0 Å². The maximum absolute atomic E-state index is 11.6. The Bertz CT molecular complexity index is 327. The molecule has 2 heterocycles. The molecule has 1 amide bonds. The van der Waals surface area contributed by atoms with Gasteiger partial charge in [0.15, 0.2) is 0 Å². The fourth-order valence-corrected chi connectivity index (χ4v) is 1.45. The molecular formula is C9H12N4O. The second kappa shape index (κ2) is 3.73. The smallest absolute Gasteiger partial charge is 0.243 e. The van der Waals surface area contributed by atoms with Crippen molar-refractivity contribution in [2.45, 2.75) is 0 Å². The summed E-state index contributed by atoms with van der Waals surface area (Å²) in [6.45, 7) is 1.55. The van der Waals surface area contributed by atoms with Gasteiger partial charge < -0.3 is 0 Å². The van der Waals surface area contributed by atoms with Gasteiger partial charge in [-0.3, -0.25) is 15.5 Å². The predicted molar refractivity (Wildman–Crippen MR) is 52.4 cm³/mol. The third-order valence-corrected chi connectivity index (χ3v) is 2.18. The Morgan fingerprint density at radius 3 is 2.86 bits per heavy atom. The van der Waals surface area contributed by atoms with E-state index in [4.69, 9.17) is 5.84 Å². The summed E-state index contributed by atoms with van der Waals surface area (Å²) in [6, 6.07) is 5.52. The molecule has 5 heteroatoms. The van der Waals surface area contributed by atoms with Gasteiger partial charge in [-0.25, -0.2) is 9.99 Å². The van der Waals surface area contributed by atoms with E-state index in [0.717, 1.165) is 0 Å². The molecule has 2 N–H and O–H groups in total. The number of hydrogen-bond donors (Lipinski definition) is 1. The van der Waals surface area contributed by atoms with Crippen LogP contribution in [0.25, 0.3) is 0 Å². The maximum atomic E-state index is 11.6. The molecule has 0 atom stereocenters. The van der Waals surface area contributed by atoms with Gasteiger partial charge in [0, 0.05) is 19.3 Å². The van der Waals surface area contributed by atoms with Crippen molar-refractivity contribution in [1.82, 2.24) is 9.99 Å². The highest BCUT2D eigenvalue weighted by Gasteiger charge is 2.23. The van der Waals surface area contributed by atoms with E-state index in [9.17, 15) is 4.79 Å². The van der Waals surface area contributed by atoms with E-state index in [2.05, 4.69) is 4.98 Å². The Balaban J connectivity index is 2.16. The number of rotatable bonds is 1. The summed E-state index contributed by atoms with van der Waals surface area (Å²) in [7, 11) is 0. The lowest BCUT2D eigenvalue weighted by Gasteiger charge is -2.30. The van der Waals surface area contributed by atoms with Crippen molar-refractivity contribution in [2.24, 2.45) is 5.84 Å². The Morgan fingerprint density at radius 1 is 1.36 bits per heavy atom. The first kappa shape index (κ1) is 9.11. The van der Waals surface area contributed by atoms with Gasteiger partial charge in [-0.05, 0) is 12.1 Å². The molecule has 1 fully saturated rings. The monoisotopic (exact) mass is 192 g/mol. The minimum atomic E-state index is -0.00236. The van der Waals surface area contributed by atoms with Crippen LogP contribution in [0.1, 0.15) is 0 Å². The van der Waals surface area contributed by atoms with Crippen LogP contribution in [-0.2, 0) is 4.79 Å². The Hall–Kier alpha value is -1.46.